The van der Waals surface area contributed by atoms with Crippen LogP contribution in [-0.2, 0) is 6.42 Å². The minimum atomic E-state index is 0.677. The average Bonchev–Trinajstić information content (AvgIpc) is 2.50. The van der Waals surface area contributed by atoms with Crippen molar-refractivity contribution < 1.29 is 0 Å². The monoisotopic (exact) mass is 270 g/mol. The summed E-state index contributed by atoms with van der Waals surface area (Å²) in [6.07, 6.45) is 4.65. The fourth-order valence-electron chi connectivity index (χ4n) is 2.16. The number of nitrogens with two attached hydrogens (primary N) is 1. The van der Waals surface area contributed by atoms with Crippen LogP contribution in [0.2, 0.25) is 0 Å². The molecule has 1 heterocycles. The molecule has 0 atom stereocenters. The quantitative estimate of drug-likeness (QED) is 0.840. The zero-order valence-corrected chi connectivity index (χ0v) is 12.0. The highest BCUT2D eigenvalue weighted by Crippen LogP contribution is 2.23. The molecule has 106 valence electrons. The normalized spacial score (nSPS) is 10.5. The molecule has 0 unspecified atom stereocenters. The number of aromatic nitrogens is 2. The van der Waals surface area contributed by atoms with Crippen molar-refractivity contribution in [1.29, 1.82) is 0 Å². The molecular weight excluding hydrogens is 248 g/mol. The highest BCUT2D eigenvalue weighted by Gasteiger charge is 2.10. The summed E-state index contributed by atoms with van der Waals surface area (Å²) in [5.74, 6) is 0.947. The largest absolute Gasteiger partial charge is 0.330 e. The molecule has 0 amide bonds. The van der Waals surface area contributed by atoms with E-state index in [-0.39, 0.29) is 0 Å². The molecule has 0 bridgehead atoms. The van der Waals surface area contributed by atoms with Crippen LogP contribution in [0.15, 0.2) is 42.7 Å². The number of anilines is 2. The first kappa shape index (κ1) is 14.5. The molecule has 0 saturated carbocycles. The van der Waals surface area contributed by atoms with E-state index in [0.717, 1.165) is 43.0 Å². The third-order valence-corrected chi connectivity index (χ3v) is 3.15. The van der Waals surface area contributed by atoms with Crippen molar-refractivity contribution in [2.24, 2.45) is 5.73 Å². The number of para-hydroxylation sites is 1. The summed E-state index contributed by atoms with van der Waals surface area (Å²) in [5.41, 5.74) is 7.88. The van der Waals surface area contributed by atoms with E-state index in [0.29, 0.717) is 6.54 Å². The van der Waals surface area contributed by atoms with Gasteiger partial charge in [-0.05, 0) is 31.5 Å². The second-order valence-corrected chi connectivity index (χ2v) is 4.75. The number of hydrogen-bond acceptors (Lipinski definition) is 4. The van der Waals surface area contributed by atoms with Crippen LogP contribution in [0.5, 0.6) is 0 Å². The van der Waals surface area contributed by atoms with E-state index < -0.39 is 0 Å². The van der Waals surface area contributed by atoms with Gasteiger partial charge in [0.05, 0.1) is 0 Å². The third-order valence-electron chi connectivity index (χ3n) is 3.15. The van der Waals surface area contributed by atoms with Crippen molar-refractivity contribution in [2.75, 3.05) is 18.0 Å². The van der Waals surface area contributed by atoms with E-state index in [4.69, 9.17) is 5.73 Å². The van der Waals surface area contributed by atoms with Crippen LogP contribution >= 0.6 is 0 Å². The van der Waals surface area contributed by atoms with Crippen molar-refractivity contribution >= 4 is 11.5 Å². The first-order valence-corrected chi connectivity index (χ1v) is 7.18. The lowest BCUT2D eigenvalue weighted by Crippen LogP contribution is -2.22. The number of aryl methyl sites for hydroxylation is 1. The molecule has 4 nitrogen and oxygen atoms in total. The average molecular weight is 270 g/mol. The van der Waals surface area contributed by atoms with Gasteiger partial charge in [0.2, 0.25) is 0 Å². The van der Waals surface area contributed by atoms with Crippen LogP contribution in [0, 0.1) is 0 Å². The molecule has 0 spiro atoms. The molecular formula is C16H22N4. The van der Waals surface area contributed by atoms with Crippen molar-refractivity contribution in [1.82, 2.24) is 9.97 Å². The third kappa shape index (κ3) is 3.78. The summed E-state index contributed by atoms with van der Waals surface area (Å²) in [5, 5.41) is 0. The lowest BCUT2D eigenvalue weighted by atomic mass is 10.2. The molecule has 2 aromatic rings. The van der Waals surface area contributed by atoms with Crippen molar-refractivity contribution in [2.45, 2.75) is 26.2 Å². The van der Waals surface area contributed by atoms with Gasteiger partial charge in [-0.3, -0.25) is 0 Å². The maximum absolute atomic E-state index is 5.65. The van der Waals surface area contributed by atoms with Crippen LogP contribution in [-0.4, -0.2) is 23.1 Å². The first-order valence-electron chi connectivity index (χ1n) is 7.18. The van der Waals surface area contributed by atoms with E-state index in [2.05, 4.69) is 40.0 Å². The Morgan fingerprint density at radius 3 is 2.65 bits per heavy atom. The molecule has 0 aliphatic rings. The maximum atomic E-state index is 5.65. The smallest absolute Gasteiger partial charge is 0.136 e. The van der Waals surface area contributed by atoms with E-state index in [1.54, 1.807) is 6.33 Å². The van der Waals surface area contributed by atoms with Crippen molar-refractivity contribution in [3.8, 4) is 0 Å². The highest BCUT2D eigenvalue weighted by atomic mass is 15.2. The lowest BCUT2D eigenvalue weighted by Gasteiger charge is -2.23. The van der Waals surface area contributed by atoms with E-state index in [1.165, 1.54) is 0 Å². The molecule has 0 fully saturated rings. The Bertz CT molecular complexity index is 513. The predicted molar refractivity (Wildman–Crippen MR) is 83.1 cm³/mol. The fraction of sp³-hybridized carbons (Fsp3) is 0.375. The Labute approximate surface area is 120 Å². The van der Waals surface area contributed by atoms with Gasteiger partial charge in [-0.1, -0.05) is 31.5 Å². The summed E-state index contributed by atoms with van der Waals surface area (Å²) in [7, 11) is 0. The topological polar surface area (TPSA) is 55.0 Å². The van der Waals surface area contributed by atoms with Gasteiger partial charge >= 0.3 is 0 Å². The molecule has 1 aromatic heterocycles. The lowest BCUT2D eigenvalue weighted by molar-refractivity contribution is 0.802. The number of hydrogen-bond donors (Lipinski definition) is 1. The SMILES string of the molecule is CCCc1cc(N(CCCN)c2ccccc2)ncn1. The van der Waals surface area contributed by atoms with Gasteiger partial charge in [-0.25, -0.2) is 9.97 Å². The fourth-order valence-corrected chi connectivity index (χ4v) is 2.16. The molecule has 1 aromatic carbocycles. The Morgan fingerprint density at radius 1 is 1.15 bits per heavy atom. The van der Waals surface area contributed by atoms with E-state index in [1.807, 2.05) is 18.2 Å². The summed E-state index contributed by atoms with van der Waals surface area (Å²) in [6.45, 7) is 3.70. The summed E-state index contributed by atoms with van der Waals surface area (Å²) < 4.78 is 0. The highest BCUT2D eigenvalue weighted by molar-refractivity contribution is 5.59. The minimum absolute atomic E-state index is 0.677. The number of benzene rings is 1. The molecule has 4 heteroatoms. The van der Waals surface area contributed by atoms with Gasteiger partial charge in [-0.2, -0.15) is 0 Å². The zero-order chi connectivity index (χ0) is 14.2. The molecule has 0 radical (unpaired) electrons. The Morgan fingerprint density at radius 2 is 1.95 bits per heavy atom. The van der Waals surface area contributed by atoms with Gasteiger partial charge in [0.25, 0.3) is 0 Å². The van der Waals surface area contributed by atoms with Crippen LogP contribution in [0.1, 0.15) is 25.5 Å². The maximum Gasteiger partial charge on any atom is 0.136 e. The Kier molecular flexibility index (Phi) is 5.50. The van der Waals surface area contributed by atoms with E-state index in [9.17, 15) is 0 Å². The molecule has 0 aliphatic carbocycles. The molecule has 20 heavy (non-hydrogen) atoms. The molecule has 2 N–H and O–H groups in total. The molecule has 0 saturated heterocycles. The van der Waals surface area contributed by atoms with Crippen molar-refractivity contribution in [3.05, 3.63) is 48.4 Å². The van der Waals surface area contributed by atoms with Crippen LogP contribution in [0.4, 0.5) is 11.5 Å². The standard InChI is InChI=1S/C16H22N4/c1-2-7-14-12-16(19-13-18-14)20(11-6-10-17)15-8-4-3-5-9-15/h3-5,8-9,12-13H,2,6-7,10-11,17H2,1H3. The number of nitrogens with zero attached hydrogens (tertiary/aromatic N) is 3. The molecule has 2 rings (SSSR count). The molecule has 0 aliphatic heterocycles. The van der Waals surface area contributed by atoms with Crippen LogP contribution < -0.4 is 10.6 Å². The second-order valence-electron chi connectivity index (χ2n) is 4.75. The van der Waals surface area contributed by atoms with Crippen molar-refractivity contribution in [3.63, 3.8) is 0 Å². The van der Waals surface area contributed by atoms with E-state index >= 15 is 0 Å². The summed E-state index contributed by atoms with van der Waals surface area (Å²) >= 11 is 0. The summed E-state index contributed by atoms with van der Waals surface area (Å²) in [6, 6.07) is 12.4. The Hall–Kier alpha value is -1.94. The number of rotatable bonds is 7. The van der Waals surface area contributed by atoms with Gasteiger partial charge in [0, 0.05) is 24.0 Å². The summed E-state index contributed by atoms with van der Waals surface area (Å²) in [4.78, 5) is 11.0. The predicted octanol–water partition coefficient (Wildman–Crippen LogP) is 2.92. The zero-order valence-electron chi connectivity index (χ0n) is 12.0. The Balaban J connectivity index is 2.28. The second kappa shape index (κ2) is 7.60. The van der Waals surface area contributed by atoms with Gasteiger partial charge < -0.3 is 10.6 Å². The van der Waals surface area contributed by atoms with Crippen LogP contribution in [0.25, 0.3) is 0 Å². The van der Waals surface area contributed by atoms with Gasteiger partial charge in [-0.15, -0.1) is 0 Å². The minimum Gasteiger partial charge on any atom is -0.330 e. The van der Waals surface area contributed by atoms with Gasteiger partial charge in [0.15, 0.2) is 0 Å². The first-order chi connectivity index (χ1) is 9.85. The van der Waals surface area contributed by atoms with Gasteiger partial charge in [0.1, 0.15) is 12.1 Å². The van der Waals surface area contributed by atoms with Crippen LogP contribution in [0.3, 0.4) is 0 Å².